The summed E-state index contributed by atoms with van der Waals surface area (Å²) < 4.78 is 31.1. The van der Waals surface area contributed by atoms with Crippen LogP contribution < -0.4 is 15.5 Å². The monoisotopic (exact) mass is 406 g/mol. The van der Waals surface area contributed by atoms with Crippen LogP contribution >= 0.6 is 0 Å². The van der Waals surface area contributed by atoms with Gasteiger partial charge in [0.05, 0.1) is 12.7 Å². The molecule has 0 saturated heterocycles. The van der Waals surface area contributed by atoms with Gasteiger partial charge < -0.3 is 10.1 Å². The van der Waals surface area contributed by atoms with E-state index in [0.717, 1.165) is 18.2 Å². The van der Waals surface area contributed by atoms with Crippen molar-refractivity contribution in [3.8, 4) is 0 Å². The largest absolute Gasteiger partial charge is 0.465 e. The zero-order chi connectivity index (χ0) is 20.7. The van der Waals surface area contributed by atoms with Gasteiger partial charge in [0.2, 0.25) is 0 Å². The molecule has 0 atom stereocenters. The number of esters is 1. The summed E-state index contributed by atoms with van der Waals surface area (Å²) in [6.07, 6.45) is 0. The van der Waals surface area contributed by atoms with Crippen LogP contribution in [0, 0.1) is 0 Å². The predicted molar refractivity (Wildman–Crippen MR) is 99.9 cm³/mol. The lowest BCUT2D eigenvalue weighted by atomic mass is 10.2. The van der Waals surface area contributed by atoms with Gasteiger partial charge in [0.25, 0.3) is 10.0 Å². The maximum atomic E-state index is 12.4. The third-order valence-electron chi connectivity index (χ3n) is 3.41. The van der Waals surface area contributed by atoms with Gasteiger partial charge in [0.1, 0.15) is 4.90 Å². The number of urea groups is 2. The van der Waals surface area contributed by atoms with Gasteiger partial charge in [-0.25, -0.2) is 38.0 Å². The maximum absolute atomic E-state index is 12.4. The lowest BCUT2D eigenvalue weighted by molar-refractivity contribution is 0.0596. The van der Waals surface area contributed by atoms with E-state index in [1.807, 2.05) is 0 Å². The summed E-state index contributed by atoms with van der Waals surface area (Å²) in [6, 6.07) is 11.8. The molecule has 0 aliphatic carbocycles. The molecule has 2 aromatic rings. The molecule has 28 heavy (non-hydrogen) atoms. The molecule has 4 amide bonds. The number of hydrogen-bond acceptors (Lipinski definition) is 6. The highest BCUT2D eigenvalue weighted by Crippen LogP contribution is 2.16. The molecule has 11 heteroatoms. The summed E-state index contributed by atoms with van der Waals surface area (Å²) in [5.41, 5.74) is 2.32. The van der Waals surface area contributed by atoms with Crippen LogP contribution in [0.4, 0.5) is 15.3 Å². The van der Waals surface area contributed by atoms with Gasteiger partial charge in [-0.15, -0.1) is 0 Å². The van der Waals surface area contributed by atoms with Gasteiger partial charge in [0.15, 0.2) is 0 Å². The first-order valence-corrected chi connectivity index (χ1v) is 9.33. The maximum Gasteiger partial charge on any atom is 0.347 e. The van der Waals surface area contributed by atoms with Gasteiger partial charge in [-0.1, -0.05) is 30.3 Å². The summed E-state index contributed by atoms with van der Waals surface area (Å²) in [5, 5.41) is 3.27. The van der Waals surface area contributed by atoms with Crippen LogP contribution in [0.3, 0.4) is 0 Å². The van der Waals surface area contributed by atoms with E-state index in [2.05, 4.69) is 15.5 Å². The molecule has 0 radical (unpaired) electrons. The number of carbonyl (C=O) groups is 3. The number of rotatable bonds is 4. The number of para-hydroxylation sites is 1. The second-order valence-corrected chi connectivity index (χ2v) is 7.04. The number of sulfonamides is 1. The minimum atomic E-state index is -4.40. The summed E-state index contributed by atoms with van der Waals surface area (Å²) in [6.45, 7) is 0. The molecular formula is C17H18N4O6S. The average Bonchev–Trinajstić information content (AvgIpc) is 2.67. The van der Waals surface area contributed by atoms with Crippen LogP contribution in [-0.4, -0.2) is 45.6 Å². The Labute approximate surface area is 161 Å². The Balaban J connectivity index is 2.06. The molecule has 0 aliphatic rings. The second-order valence-electron chi connectivity index (χ2n) is 5.39. The molecule has 0 fully saturated rings. The lowest BCUT2D eigenvalue weighted by Gasteiger charge is -2.19. The molecule has 0 aliphatic heterocycles. The molecule has 2 aromatic carbocycles. The molecule has 3 N–H and O–H groups in total. The Morgan fingerprint density at radius 3 is 2.21 bits per heavy atom. The van der Waals surface area contributed by atoms with Gasteiger partial charge in [-0.05, 0) is 24.3 Å². The highest BCUT2D eigenvalue weighted by atomic mass is 32.2. The Morgan fingerprint density at radius 2 is 1.57 bits per heavy atom. The first kappa shape index (κ1) is 20.7. The van der Waals surface area contributed by atoms with E-state index in [9.17, 15) is 22.8 Å². The Bertz CT molecular complexity index is 978. The van der Waals surface area contributed by atoms with Crippen molar-refractivity contribution < 1.29 is 27.5 Å². The van der Waals surface area contributed by atoms with Gasteiger partial charge in [-0.3, -0.25) is 0 Å². The molecule has 0 aromatic heterocycles. The third-order valence-corrected chi connectivity index (χ3v) is 4.80. The second kappa shape index (κ2) is 8.86. The number of anilines is 1. The zero-order valence-corrected chi connectivity index (χ0v) is 15.8. The predicted octanol–water partition coefficient (Wildman–Crippen LogP) is 1.54. The quantitative estimate of drug-likeness (QED) is 0.521. The first-order valence-electron chi connectivity index (χ1n) is 7.85. The van der Waals surface area contributed by atoms with Crippen LogP contribution in [0.5, 0.6) is 0 Å². The minimum absolute atomic E-state index is 0.236. The van der Waals surface area contributed by atoms with Crippen molar-refractivity contribution in [3.63, 3.8) is 0 Å². The molecule has 148 valence electrons. The van der Waals surface area contributed by atoms with Crippen molar-refractivity contribution in [1.82, 2.24) is 15.2 Å². The highest BCUT2D eigenvalue weighted by Gasteiger charge is 2.25. The van der Waals surface area contributed by atoms with E-state index in [1.165, 1.54) is 25.2 Å². The van der Waals surface area contributed by atoms with E-state index in [4.69, 9.17) is 0 Å². The van der Waals surface area contributed by atoms with Crippen LogP contribution in [-0.2, 0) is 14.8 Å². The fraction of sp³-hybridized carbons (Fsp3) is 0.118. The number of nitrogens with one attached hydrogen (secondary N) is 3. The molecular weight excluding hydrogens is 388 g/mol. The highest BCUT2D eigenvalue weighted by molar-refractivity contribution is 7.90. The molecule has 0 heterocycles. The fourth-order valence-electron chi connectivity index (χ4n) is 2.11. The van der Waals surface area contributed by atoms with Crippen LogP contribution in [0.15, 0.2) is 59.5 Å². The summed E-state index contributed by atoms with van der Waals surface area (Å²) in [4.78, 5) is 35.3. The summed E-state index contributed by atoms with van der Waals surface area (Å²) in [7, 11) is -2.06. The Hall–Kier alpha value is -3.60. The Morgan fingerprint density at radius 1 is 0.964 bits per heavy atom. The van der Waals surface area contributed by atoms with Crippen LogP contribution in [0.1, 0.15) is 10.4 Å². The number of amides is 4. The number of hydrogen-bond donors (Lipinski definition) is 3. The van der Waals surface area contributed by atoms with E-state index in [1.54, 1.807) is 35.1 Å². The van der Waals surface area contributed by atoms with Crippen molar-refractivity contribution >= 4 is 33.7 Å². The van der Waals surface area contributed by atoms with Crippen LogP contribution in [0.25, 0.3) is 0 Å². The van der Waals surface area contributed by atoms with Crippen molar-refractivity contribution in [2.24, 2.45) is 0 Å². The SMILES string of the molecule is COC(=O)c1ccccc1S(=O)(=O)NC(=O)NN(C)C(=O)Nc1ccccc1. The fourth-order valence-corrected chi connectivity index (χ4v) is 3.21. The van der Waals surface area contributed by atoms with E-state index in [0.29, 0.717) is 5.69 Å². The summed E-state index contributed by atoms with van der Waals surface area (Å²) >= 11 is 0. The lowest BCUT2D eigenvalue weighted by Crippen LogP contribution is -2.50. The number of nitrogens with zero attached hydrogens (tertiary/aromatic N) is 1. The van der Waals surface area contributed by atoms with E-state index >= 15 is 0 Å². The smallest absolute Gasteiger partial charge is 0.347 e. The molecule has 0 spiro atoms. The number of ether oxygens (including phenoxy) is 1. The van der Waals surface area contributed by atoms with E-state index in [-0.39, 0.29) is 5.56 Å². The molecule has 0 saturated carbocycles. The number of methoxy groups -OCH3 is 1. The van der Waals surface area contributed by atoms with Crippen molar-refractivity contribution in [3.05, 3.63) is 60.2 Å². The molecule has 2 rings (SSSR count). The molecule has 0 bridgehead atoms. The van der Waals surface area contributed by atoms with Crippen molar-refractivity contribution in [2.75, 3.05) is 19.5 Å². The van der Waals surface area contributed by atoms with Gasteiger partial charge >= 0.3 is 18.0 Å². The average molecular weight is 406 g/mol. The van der Waals surface area contributed by atoms with Gasteiger partial charge in [0, 0.05) is 12.7 Å². The van der Waals surface area contributed by atoms with Crippen molar-refractivity contribution in [1.29, 1.82) is 0 Å². The summed E-state index contributed by atoms with van der Waals surface area (Å²) in [5.74, 6) is -0.874. The number of benzene rings is 2. The molecule has 0 unspecified atom stereocenters. The third kappa shape index (κ3) is 5.20. The van der Waals surface area contributed by atoms with Gasteiger partial charge in [-0.2, -0.15) is 0 Å². The Kier molecular flexibility index (Phi) is 6.55. The zero-order valence-electron chi connectivity index (χ0n) is 15.0. The van der Waals surface area contributed by atoms with Crippen LogP contribution in [0.2, 0.25) is 0 Å². The first-order chi connectivity index (χ1) is 13.2. The minimum Gasteiger partial charge on any atom is -0.465 e. The standard InChI is InChI=1S/C17H18N4O6S/c1-21(17(24)18-12-8-4-3-5-9-12)19-16(23)20-28(25,26)14-11-7-6-10-13(14)15(22)27-2/h3-11H,1-2H3,(H,18,24)(H2,19,20,23). The topological polar surface area (TPSA) is 134 Å². The molecule has 10 nitrogen and oxygen atoms in total. The number of hydrazine groups is 1. The van der Waals surface area contributed by atoms with E-state index < -0.39 is 33.0 Å². The normalized spacial score (nSPS) is 10.5. The van der Waals surface area contributed by atoms with Crippen molar-refractivity contribution in [2.45, 2.75) is 4.90 Å². The number of carbonyl (C=O) groups excluding carboxylic acids is 3.